The van der Waals surface area contributed by atoms with E-state index in [0.717, 1.165) is 25.2 Å². The van der Waals surface area contributed by atoms with Gasteiger partial charge in [0.15, 0.2) is 0 Å². The van der Waals surface area contributed by atoms with Crippen LogP contribution in [0.15, 0.2) is 64.6 Å². The summed E-state index contributed by atoms with van der Waals surface area (Å²) in [5, 5.41) is 11.5. The first-order chi connectivity index (χ1) is 17.2. The lowest BCUT2D eigenvalue weighted by Gasteiger charge is -2.27. The first kappa shape index (κ1) is 25.6. The van der Waals surface area contributed by atoms with Crippen LogP contribution >= 0.6 is 38.5 Å². The molecule has 3 aromatic carbocycles. The molecule has 0 spiro atoms. The van der Waals surface area contributed by atoms with Crippen molar-refractivity contribution >= 4 is 68.1 Å². The second kappa shape index (κ2) is 10.6. The van der Waals surface area contributed by atoms with Gasteiger partial charge in [0.05, 0.1) is 25.4 Å². The number of hydrogen-bond acceptors (Lipinski definition) is 5. The largest absolute Gasteiger partial charge is 0.487 e. The first-order valence-corrected chi connectivity index (χ1v) is 12.7. The standard InChI is InChI=1S/C27H19BrIN3O4/c1-15-7-8-20(9-16(15)2)32-26(34)21(25(33)31-27(32)35)10-17-11-22(28)24(23(29)12-17)36-14-19-6-4-3-5-18(19)13-30/h3-12H,14H2,1-2H3,(H,31,33,35)/b21-10+. The summed E-state index contributed by atoms with van der Waals surface area (Å²) in [6, 6.07) is 17.3. The van der Waals surface area contributed by atoms with Gasteiger partial charge in [-0.1, -0.05) is 24.3 Å². The van der Waals surface area contributed by atoms with Gasteiger partial charge in [0.25, 0.3) is 11.8 Å². The Morgan fingerprint density at radius 2 is 1.83 bits per heavy atom. The molecule has 9 heteroatoms. The van der Waals surface area contributed by atoms with Crippen molar-refractivity contribution in [2.75, 3.05) is 4.90 Å². The lowest BCUT2D eigenvalue weighted by Crippen LogP contribution is -2.54. The Bertz CT molecular complexity index is 1470. The highest BCUT2D eigenvalue weighted by molar-refractivity contribution is 14.1. The van der Waals surface area contributed by atoms with Crippen LogP contribution in [-0.2, 0) is 16.2 Å². The number of benzene rings is 3. The Balaban J connectivity index is 1.62. The van der Waals surface area contributed by atoms with Gasteiger partial charge in [-0.15, -0.1) is 0 Å². The maximum absolute atomic E-state index is 13.2. The molecule has 36 heavy (non-hydrogen) atoms. The van der Waals surface area contributed by atoms with Crippen LogP contribution in [0.3, 0.4) is 0 Å². The molecular formula is C27H19BrIN3O4. The van der Waals surface area contributed by atoms with E-state index in [-0.39, 0.29) is 12.2 Å². The number of anilines is 1. The number of carbonyl (C=O) groups is 3. The van der Waals surface area contributed by atoms with Crippen LogP contribution < -0.4 is 15.0 Å². The number of nitriles is 1. The molecule has 1 aliphatic heterocycles. The van der Waals surface area contributed by atoms with Gasteiger partial charge in [-0.25, -0.2) is 9.69 Å². The Morgan fingerprint density at radius 3 is 2.53 bits per heavy atom. The third-order valence-corrected chi connectivity index (χ3v) is 7.08. The maximum atomic E-state index is 13.2. The van der Waals surface area contributed by atoms with Crippen molar-refractivity contribution in [3.63, 3.8) is 0 Å². The number of carbonyl (C=O) groups excluding carboxylic acids is 3. The van der Waals surface area contributed by atoms with Crippen LogP contribution in [0, 0.1) is 28.7 Å². The van der Waals surface area contributed by atoms with Crippen molar-refractivity contribution in [1.29, 1.82) is 5.26 Å². The molecule has 0 saturated carbocycles. The Kier molecular flexibility index (Phi) is 7.56. The number of hydrogen-bond donors (Lipinski definition) is 1. The molecule has 1 fully saturated rings. The van der Waals surface area contributed by atoms with Gasteiger partial charge in [-0.05, 0) is 105 Å². The van der Waals surface area contributed by atoms with Gasteiger partial charge in [-0.2, -0.15) is 5.26 Å². The first-order valence-electron chi connectivity index (χ1n) is 10.8. The monoisotopic (exact) mass is 655 g/mol. The second-order valence-electron chi connectivity index (χ2n) is 8.10. The van der Waals surface area contributed by atoms with E-state index in [1.807, 2.05) is 32.0 Å². The number of nitrogens with zero attached hydrogens (tertiary/aromatic N) is 2. The van der Waals surface area contributed by atoms with Crippen LogP contribution in [0.5, 0.6) is 5.75 Å². The molecule has 0 bridgehead atoms. The molecule has 4 rings (SSSR count). The Labute approximate surface area is 230 Å². The highest BCUT2D eigenvalue weighted by Crippen LogP contribution is 2.34. The average Bonchev–Trinajstić information content (AvgIpc) is 2.83. The molecule has 1 aliphatic rings. The summed E-state index contributed by atoms with van der Waals surface area (Å²) < 4.78 is 7.31. The normalized spacial score (nSPS) is 14.6. The molecule has 0 radical (unpaired) electrons. The van der Waals surface area contributed by atoms with Crippen molar-refractivity contribution in [3.8, 4) is 11.8 Å². The molecule has 0 atom stereocenters. The van der Waals surface area contributed by atoms with E-state index in [1.54, 1.807) is 36.4 Å². The van der Waals surface area contributed by atoms with Crippen molar-refractivity contribution in [3.05, 3.63) is 96.0 Å². The lowest BCUT2D eigenvalue weighted by atomic mass is 10.0. The number of urea groups is 1. The molecule has 1 N–H and O–H groups in total. The van der Waals surface area contributed by atoms with Crippen LogP contribution in [0.2, 0.25) is 0 Å². The van der Waals surface area contributed by atoms with E-state index in [0.29, 0.717) is 27.0 Å². The third-order valence-electron chi connectivity index (χ3n) is 5.69. The number of amides is 4. The molecule has 0 unspecified atom stereocenters. The molecule has 0 aromatic heterocycles. The smallest absolute Gasteiger partial charge is 0.335 e. The van der Waals surface area contributed by atoms with Gasteiger partial charge >= 0.3 is 6.03 Å². The van der Waals surface area contributed by atoms with Crippen molar-refractivity contribution in [2.24, 2.45) is 0 Å². The Hall–Kier alpha value is -3.49. The van der Waals surface area contributed by atoms with E-state index in [1.165, 1.54) is 6.08 Å². The number of rotatable bonds is 5. The number of nitrogens with one attached hydrogen (secondary N) is 1. The average molecular weight is 656 g/mol. The molecule has 1 saturated heterocycles. The van der Waals surface area contributed by atoms with E-state index in [4.69, 9.17) is 4.74 Å². The van der Waals surface area contributed by atoms with Gasteiger partial charge in [0.1, 0.15) is 17.9 Å². The highest BCUT2D eigenvalue weighted by atomic mass is 127. The quantitative estimate of drug-likeness (QED) is 0.213. The number of barbiturate groups is 1. The van der Waals surface area contributed by atoms with E-state index >= 15 is 0 Å². The minimum Gasteiger partial charge on any atom is -0.487 e. The van der Waals surface area contributed by atoms with Gasteiger partial charge in [0.2, 0.25) is 0 Å². The molecule has 4 amide bonds. The van der Waals surface area contributed by atoms with Crippen LogP contribution in [-0.4, -0.2) is 17.8 Å². The zero-order valence-electron chi connectivity index (χ0n) is 19.3. The summed E-state index contributed by atoms with van der Waals surface area (Å²) in [6.45, 7) is 4.02. The molecule has 3 aromatic rings. The molecule has 180 valence electrons. The predicted molar refractivity (Wildman–Crippen MR) is 147 cm³/mol. The van der Waals surface area contributed by atoms with E-state index in [9.17, 15) is 19.6 Å². The van der Waals surface area contributed by atoms with Gasteiger partial charge in [-0.3, -0.25) is 14.9 Å². The van der Waals surface area contributed by atoms with Gasteiger partial charge < -0.3 is 4.74 Å². The minimum atomic E-state index is -0.789. The molecule has 7 nitrogen and oxygen atoms in total. The second-order valence-corrected chi connectivity index (χ2v) is 10.1. The Morgan fingerprint density at radius 1 is 1.08 bits per heavy atom. The van der Waals surface area contributed by atoms with Crippen molar-refractivity contribution in [1.82, 2.24) is 5.32 Å². The van der Waals surface area contributed by atoms with Crippen molar-refractivity contribution < 1.29 is 19.1 Å². The predicted octanol–water partition coefficient (Wildman–Crippen LogP) is 5.79. The number of ether oxygens (including phenoxy) is 1. The minimum absolute atomic E-state index is 0.160. The van der Waals surface area contributed by atoms with E-state index < -0.39 is 17.8 Å². The third kappa shape index (κ3) is 5.20. The summed E-state index contributed by atoms with van der Waals surface area (Å²) in [5.74, 6) is -0.895. The van der Waals surface area contributed by atoms with Crippen LogP contribution in [0.4, 0.5) is 10.5 Å². The van der Waals surface area contributed by atoms with Crippen LogP contribution in [0.25, 0.3) is 6.08 Å². The fourth-order valence-corrected chi connectivity index (χ4v) is 5.40. The zero-order valence-corrected chi connectivity index (χ0v) is 23.0. The summed E-state index contributed by atoms with van der Waals surface area (Å²) in [4.78, 5) is 39.2. The summed E-state index contributed by atoms with van der Waals surface area (Å²) in [5.41, 5.74) is 4.03. The van der Waals surface area contributed by atoms with Crippen molar-refractivity contribution in [2.45, 2.75) is 20.5 Å². The zero-order chi connectivity index (χ0) is 26.0. The fraction of sp³-hybridized carbons (Fsp3) is 0.111. The highest BCUT2D eigenvalue weighted by Gasteiger charge is 2.37. The maximum Gasteiger partial charge on any atom is 0.335 e. The summed E-state index contributed by atoms with van der Waals surface area (Å²) >= 11 is 5.60. The summed E-state index contributed by atoms with van der Waals surface area (Å²) in [7, 11) is 0. The summed E-state index contributed by atoms with van der Waals surface area (Å²) in [6.07, 6.45) is 1.44. The van der Waals surface area contributed by atoms with Gasteiger partial charge in [0, 0.05) is 5.56 Å². The topological polar surface area (TPSA) is 99.5 Å². The van der Waals surface area contributed by atoms with Crippen LogP contribution in [0.1, 0.15) is 27.8 Å². The molecule has 0 aliphatic carbocycles. The fourth-order valence-electron chi connectivity index (χ4n) is 3.63. The SMILES string of the molecule is Cc1ccc(N2C(=O)NC(=O)/C(=C\c3cc(Br)c(OCc4ccccc4C#N)c(I)c3)C2=O)cc1C. The lowest BCUT2D eigenvalue weighted by molar-refractivity contribution is -0.122. The number of halogens is 2. The number of imide groups is 2. The van der Waals surface area contributed by atoms with E-state index in [2.05, 4.69) is 49.9 Å². The number of aryl methyl sites for hydroxylation is 2. The molecular weight excluding hydrogens is 637 g/mol. The molecule has 1 heterocycles.